The normalized spacial score (nSPS) is 18.9. The molecule has 8 heteroatoms. The summed E-state index contributed by atoms with van der Waals surface area (Å²) in [5.41, 5.74) is 0.349. The van der Waals surface area contributed by atoms with Crippen LogP contribution in [0.2, 0.25) is 10.0 Å². The molecule has 1 aliphatic rings. The lowest BCUT2D eigenvalue weighted by molar-refractivity contribution is -0.132. The van der Waals surface area contributed by atoms with Crippen LogP contribution in [0.25, 0.3) is 11.3 Å². The quantitative estimate of drug-likeness (QED) is 0.578. The maximum Gasteiger partial charge on any atom is 0.325 e. The van der Waals surface area contributed by atoms with Crippen molar-refractivity contribution >= 4 is 35.1 Å². The van der Waals surface area contributed by atoms with Crippen molar-refractivity contribution in [3.63, 3.8) is 0 Å². The van der Waals surface area contributed by atoms with Crippen LogP contribution < -0.4 is 5.32 Å². The molecule has 1 atom stereocenters. The zero-order valence-electron chi connectivity index (χ0n) is 15.5. The molecule has 1 N–H and O–H groups in total. The van der Waals surface area contributed by atoms with Crippen LogP contribution >= 0.6 is 23.2 Å². The summed E-state index contributed by atoms with van der Waals surface area (Å²) in [6.45, 7) is 1.79. The molecule has 1 fully saturated rings. The standard InChI is InChI=1S/C21H17Cl2N3O3/c1-2-21(14-5-9-16(23)10-6-14)19(27)26(20(28)25-21)12-18-24-11-17(29-18)13-3-7-15(22)8-4-13/h3-11H,2,12H2,1H3,(H,25,28)/t21-/m0/s1. The van der Waals surface area contributed by atoms with Crippen molar-refractivity contribution in [2.75, 3.05) is 0 Å². The fourth-order valence-electron chi connectivity index (χ4n) is 3.41. The van der Waals surface area contributed by atoms with Gasteiger partial charge >= 0.3 is 6.03 Å². The van der Waals surface area contributed by atoms with E-state index in [0.717, 1.165) is 10.5 Å². The molecule has 0 aliphatic carbocycles. The third kappa shape index (κ3) is 3.50. The number of nitrogens with zero attached hydrogens (tertiary/aromatic N) is 2. The van der Waals surface area contributed by atoms with Gasteiger partial charge in [0.15, 0.2) is 5.76 Å². The average molecular weight is 430 g/mol. The number of carbonyl (C=O) groups excluding carboxylic acids is 2. The molecule has 0 spiro atoms. The first-order valence-corrected chi connectivity index (χ1v) is 9.79. The van der Waals surface area contributed by atoms with Crippen molar-refractivity contribution in [2.24, 2.45) is 0 Å². The van der Waals surface area contributed by atoms with Crippen LogP contribution in [0.3, 0.4) is 0 Å². The third-order valence-corrected chi connectivity index (χ3v) is 5.52. The first kappa shape index (κ1) is 19.5. The number of hydrogen-bond donors (Lipinski definition) is 1. The summed E-state index contributed by atoms with van der Waals surface area (Å²) < 4.78 is 5.75. The Morgan fingerprint density at radius 1 is 1.03 bits per heavy atom. The summed E-state index contributed by atoms with van der Waals surface area (Å²) in [5.74, 6) is 0.447. The summed E-state index contributed by atoms with van der Waals surface area (Å²) in [6.07, 6.45) is 1.96. The fraction of sp³-hybridized carbons (Fsp3) is 0.190. The minimum Gasteiger partial charge on any atom is -0.439 e. The Hall–Kier alpha value is -2.83. The summed E-state index contributed by atoms with van der Waals surface area (Å²) in [7, 11) is 0. The number of amides is 3. The Morgan fingerprint density at radius 3 is 2.28 bits per heavy atom. The number of urea groups is 1. The highest BCUT2D eigenvalue weighted by Gasteiger charge is 2.51. The number of benzene rings is 2. The maximum atomic E-state index is 13.2. The molecule has 0 saturated carbocycles. The zero-order chi connectivity index (χ0) is 20.6. The molecule has 4 rings (SSSR count). The summed E-state index contributed by atoms with van der Waals surface area (Å²) in [4.78, 5) is 31.1. The Bertz CT molecular complexity index is 1060. The van der Waals surface area contributed by atoms with Crippen LogP contribution in [0.1, 0.15) is 24.8 Å². The Kier molecular flexibility index (Phi) is 5.06. The van der Waals surface area contributed by atoms with E-state index in [1.165, 1.54) is 0 Å². The second kappa shape index (κ2) is 7.54. The molecule has 6 nitrogen and oxygen atoms in total. The van der Waals surface area contributed by atoms with E-state index in [2.05, 4.69) is 10.3 Å². The molecule has 29 heavy (non-hydrogen) atoms. The van der Waals surface area contributed by atoms with Gasteiger partial charge in [-0.2, -0.15) is 0 Å². The van der Waals surface area contributed by atoms with Crippen LogP contribution in [0.5, 0.6) is 0 Å². The van der Waals surface area contributed by atoms with Crippen molar-refractivity contribution in [1.29, 1.82) is 0 Å². The van der Waals surface area contributed by atoms with Gasteiger partial charge in [-0.1, -0.05) is 42.3 Å². The molecule has 1 aromatic heterocycles. The predicted octanol–water partition coefficient (Wildman–Crippen LogP) is 5.01. The zero-order valence-corrected chi connectivity index (χ0v) is 17.0. The largest absolute Gasteiger partial charge is 0.439 e. The topological polar surface area (TPSA) is 75.4 Å². The van der Waals surface area contributed by atoms with E-state index in [1.807, 2.05) is 19.1 Å². The van der Waals surface area contributed by atoms with Gasteiger partial charge in [-0.25, -0.2) is 9.78 Å². The van der Waals surface area contributed by atoms with Crippen LogP contribution in [0, 0.1) is 0 Å². The van der Waals surface area contributed by atoms with E-state index in [1.54, 1.807) is 42.6 Å². The highest BCUT2D eigenvalue weighted by molar-refractivity contribution is 6.30. The molecule has 3 amide bonds. The van der Waals surface area contributed by atoms with Crippen LogP contribution in [0.4, 0.5) is 4.79 Å². The third-order valence-electron chi connectivity index (χ3n) is 5.02. The number of carbonyl (C=O) groups is 2. The van der Waals surface area contributed by atoms with Crippen LogP contribution in [-0.2, 0) is 16.9 Å². The van der Waals surface area contributed by atoms with Crippen molar-refractivity contribution < 1.29 is 14.0 Å². The van der Waals surface area contributed by atoms with Gasteiger partial charge < -0.3 is 9.73 Å². The number of aromatic nitrogens is 1. The average Bonchev–Trinajstić information content (AvgIpc) is 3.28. The van der Waals surface area contributed by atoms with Gasteiger partial charge in [0.1, 0.15) is 12.1 Å². The van der Waals surface area contributed by atoms with Crippen molar-refractivity contribution in [3.8, 4) is 11.3 Å². The highest BCUT2D eigenvalue weighted by Crippen LogP contribution is 2.34. The van der Waals surface area contributed by atoms with Crippen molar-refractivity contribution in [1.82, 2.24) is 15.2 Å². The van der Waals surface area contributed by atoms with E-state index in [4.69, 9.17) is 27.6 Å². The molecule has 1 saturated heterocycles. The Balaban J connectivity index is 1.58. The lowest BCUT2D eigenvalue weighted by Crippen LogP contribution is -2.43. The molecule has 1 aliphatic heterocycles. The minimum atomic E-state index is -1.13. The molecule has 0 radical (unpaired) electrons. The number of hydrogen-bond acceptors (Lipinski definition) is 4. The highest BCUT2D eigenvalue weighted by atomic mass is 35.5. The second-order valence-corrected chi connectivity index (χ2v) is 7.59. The van der Waals surface area contributed by atoms with Gasteiger partial charge in [0.25, 0.3) is 5.91 Å². The van der Waals surface area contributed by atoms with Crippen molar-refractivity contribution in [2.45, 2.75) is 25.4 Å². The lowest BCUT2D eigenvalue weighted by atomic mass is 9.87. The van der Waals surface area contributed by atoms with Crippen LogP contribution in [-0.4, -0.2) is 21.8 Å². The molecule has 0 unspecified atom stereocenters. The first-order chi connectivity index (χ1) is 13.9. The minimum absolute atomic E-state index is 0.0619. The monoisotopic (exact) mass is 429 g/mol. The number of imide groups is 1. The second-order valence-electron chi connectivity index (χ2n) is 6.71. The molecule has 3 aromatic rings. The summed E-state index contributed by atoms with van der Waals surface area (Å²) >= 11 is 11.9. The fourth-order valence-corrected chi connectivity index (χ4v) is 3.66. The number of nitrogens with one attached hydrogen (secondary N) is 1. The van der Waals surface area contributed by atoms with Gasteiger partial charge in [-0.15, -0.1) is 0 Å². The summed E-state index contributed by atoms with van der Waals surface area (Å²) in [6, 6.07) is 13.5. The number of rotatable bonds is 5. The van der Waals surface area contributed by atoms with Gasteiger partial charge in [-0.3, -0.25) is 9.69 Å². The Morgan fingerprint density at radius 2 is 1.66 bits per heavy atom. The van der Waals surface area contributed by atoms with E-state index < -0.39 is 11.6 Å². The van der Waals surface area contributed by atoms with E-state index in [0.29, 0.717) is 27.8 Å². The van der Waals surface area contributed by atoms with E-state index in [9.17, 15) is 9.59 Å². The van der Waals surface area contributed by atoms with E-state index >= 15 is 0 Å². The molecular formula is C21H17Cl2N3O3. The van der Waals surface area contributed by atoms with E-state index in [-0.39, 0.29) is 18.3 Å². The number of oxazole rings is 1. The summed E-state index contributed by atoms with van der Waals surface area (Å²) in [5, 5.41) is 4.00. The van der Waals surface area contributed by atoms with Gasteiger partial charge in [0.2, 0.25) is 5.89 Å². The maximum absolute atomic E-state index is 13.2. The molecule has 2 aromatic carbocycles. The van der Waals surface area contributed by atoms with Gasteiger partial charge in [-0.05, 0) is 48.4 Å². The van der Waals surface area contributed by atoms with Crippen LogP contribution in [0.15, 0.2) is 59.1 Å². The van der Waals surface area contributed by atoms with Crippen molar-refractivity contribution in [3.05, 3.63) is 76.2 Å². The van der Waals surface area contributed by atoms with Gasteiger partial charge in [0, 0.05) is 15.6 Å². The first-order valence-electron chi connectivity index (χ1n) is 9.04. The molecule has 0 bridgehead atoms. The number of halogens is 2. The predicted molar refractivity (Wildman–Crippen MR) is 109 cm³/mol. The SMILES string of the molecule is CC[C@@]1(c2ccc(Cl)cc2)NC(=O)N(Cc2ncc(-c3ccc(Cl)cc3)o2)C1=O. The molecular weight excluding hydrogens is 413 g/mol. The lowest BCUT2D eigenvalue weighted by Gasteiger charge is -2.25. The molecule has 2 heterocycles. The molecule has 148 valence electrons. The Labute approximate surface area is 177 Å². The smallest absolute Gasteiger partial charge is 0.325 e. The van der Waals surface area contributed by atoms with Gasteiger partial charge in [0.05, 0.1) is 6.20 Å².